The van der Waals surface area contributed by atoms with E-state index in [2.05, 4.69) is 4.98 Å². The topological polar surface area (TPSA) is 59.2 Å². The summed E-state index contributed by atoms with van der Waals surface area (Å²) in [6.07, 6.45) is -2.95. The van der Waals surface area contributed by atoms with Gasteiger partial charge in [0.2, 0.25) is 0 Å². The van der Waals surface area contributed by atoms with Gasteiger partial charge in [-0.2, -0.15) is 13.2 Å². The van der Waals surface area contributed by atoms with Crippen molar-refractivity contribution in [1.82, 2.24) is 9.88 Å². The molecule has 1 aromatic heterocycles. The number of pyridine rings is 1. The molecule has 0 spiro atoms. The first-order valence-corrected chi connectivity index (χ1v) is 6.37. The van der Waals surface area contributed by atoms with Crippen molar-refractivity contribution >= 4 is 5.91 Å². The van der Waals surface area contributed by atoms with Crippen LogP contribution in [0.5, 0.6) is 0 Å². The minimum Gasteiger partial charge on any atom is -0.334 e. The maximum absolute atomic E-state index is 12.4. The van der Waals surface area contributed by atoms with Crippen LogP contribution in [0, 0.1) is 5.92 Å². The fourth-order valence-corrected chi connectivity index (χ4v) is 2.43. The van der Waals surface area contributed by atoms with Crippen molar-refractivity contribution in [1.29, 1.82) is 0 Å². The number of likely N-dealkylation sites (tertiary alicyclic amines) is 1. The van der Waals surface area contributed by atoms with Gasteiger partial charge in [0.15, 0.2) is 0 Å². The summed E-state index contributed by atoms with van der Waals surface area (Å²) in [6.45, 7) is 2.92. The van der Waals surface area contributed by atoms with Gasteiger partial charge < -0.3 is 10.6 Å². The highest BCUT2D eigenvalue weighted by Crippen LogP contribution is 2.29. The Labute approximate surface area is 114 Å². The van der Waals surface area contributed by atoms with Crippen molar-refractivity contribution in [2.75, 3.05) is 13.1 Å². The fraction of sp³-hybridized carbons (Fsp3) is 0.538. The van der Waals surface area contributed by atoms with Crippen LogP contribution in [0.4, 0.5) is 13.2 Å². The number of carbonyl (C=O) groups is 1. The van der Waals surface area contributed by atoms with E-state index < -0.39 is 11.7 Å². The van der Waals surface area contributed by atoms with Crippen LogP contribution in [0.15, 0.2) is 18.3 Å². The van der Waals surface area contributed by atoms with E-state index in [1.807, 2.05) is 6.92 Å². The maximum atomic E-state index is 12.4. The standard InChI is InChI=1S/C13H16F3N3O/c1-8-4-9(5-17)7-19(8)12(20)11-3-2-10(6-18-11)13(14,15)16/h2-3,6,8-9H,4-5,7,17H2,1H3. The molecule has 0 bridgehead atoms. The summed E-state index contributed by atoms with van der Waals surface area (Å²) in [4.78, 5) is 17.5. The first-order valence-electron chi connectivity index (χ1n) is 6.37. The number of hydrogen-bond donors (Lipinski definition) is 1. The van der Waals surface area contributed by atoms with Crippen LogP contribution in [0.1, 0.15) is 29.4 Å². The molecule has 110 valence electrons. The summed E-state index contributed by atoms with van der Waals surface area (Å²) < 4.78 is 37.3. The molecule has 0 aromatic carbocycles. The molecular formula is C13H16F3N3O. The van der Waals surface area contributed by atoms with Gasteiger partial charge in [-0.15, -0.1) is 0 Å². The van der Waals surface area contributed by atoms with Crippen molar-refractivity contribution in [2.45, 2.75) is 25.6 Å². The SMILES string of the molecule is CC1CC(CN)CN1C(=O)c1ccc(C(F)(F)F)cn1. The Kier molecular flexibility index (Phi) is 3.99. The van der Waals surface area contributed by atoms with E-state index in [4.69, 9.17) is 5.73 Å². The Bertz CT molecular complexity index is 487. The molecule has 1 aromatic rings. The third kappa shape index (κ3) is 2.92. The third-order valence-electron chi connectivity index (χ3n) is 3.57. The van der Waals surface area contributed by atoms with Gasteiger partial charge in [0.05, 0.1) is 5.56 Å². The lowest BCUT2D eigenvalue weighted by Gasteiger charge is -2.21. The fourth-order valence-electron chi connectivity index (χ4n) is 2.43. The summed E-state index contributed by atoms with van der Waals surface area (Å²) in [5, 5.41) is 0. The van der Waals surface area contributed by atoms with Crippen molar-refractivity contribution in [3.05, 3.63) is 29.6 Å². The van der Waals surface area contributed by atoms with Crippen molar-refractivity contribution < 1.29 is 18.0 Å². The van der Waals surface area contributed by atoms with E-state index in [1.54, 1.807) is 4.90 Å². The predicted molar refractivity (Wildman–Crippen MR) is 66.9 cm³/mol. The Morgan fingerprint density at radius 2 is 2.20 bits per heavy atom. The summed E-state index contributed by atoms with van der Waals surface area (Å²) in [6, 6.07) is 2.02. The van der Waals surface area contributed by atoms with E-state index in [0.29, 0.717) is 19.3 Å². The zero-order valence-corrected chi connectivity index (χ0v) is 11.0. The minimum atomic E-state index is -4.44. The van der Waals surface area contributed by atoms with Crippen molar-refractivity contribution in [2.24, 2.45) is 11.7 Å². The van der Waals surface area contributed by atoms with Gasteiger partial charge in [-0.3, -0.25) is 9.78 Å². The molecule has 2 atom stereocenters. The number of alkyl halides is 3. The third-order valence-corrected chi connectivity index (χ3v) is 3.57. The molecule has 1 amide bonds. The second-order valence-corrected chi connectivity index (χ2v) is 5.07. The lowest BCUT2D eigenvalue weighted by molar-refractivity contribution is -0.137. The normalized spacial score (nSPS) is 23.1. The average Bonchev–Trinajstić information content (AvgIpc) is 2.78. The van der Waals surface area contributed by atoms with E-state index in [1.165, 1.54) is 0 Å². The Balaban J connectivity index is 2.14. The van der Waals surface area contributed by atoms with E-state index in [-0.39, 0.29) is 23.6 Å². The van der Waals surface area contributed by atoms with Crippen LogP contribution >= 0.6 is 0 Å². The molecule has 7 heteroatoms. The summed E-state index contributed by atoms with van der Waals surface area (Å²) in [5.74, 6) is -0.106. The molecule has 0 aliphatic carbocycles. The maximum Gasteiger partial charge on any atom is 0.417 e. The minimum absolute atomic E-state index is 0.0279. The molecule has 2 N–H and O–H groups in total. The second kappa shape index (κ2) is 5.40. The van der Waals surface area contributed by atoms with Gasteiger partial charge in [-0.1, -0.05) is 0 Å². The monoisotopic (exact) mass is 287 g/mol. The predicted octanol–water partition coefficient (Wildman–Crippen LogP) is 1.91. The number of carbonyl (C=O) groups excluding carboxylic acids is 1. The first-order chi connectivity index (χ1) is 9.32. The molecule has 1 aliphatic rings. The summed E-state index contributed by atoms with van der Waals surface area (Å²) >= 11 is 0. The molecule has 1 saturated heterocycles. The Morgan fingerprint density at radius 3 is 2.65 bits per heavy atom. The lowest BCUT2D eigenvalue weighted by atomic mass is 10.1. The highest BCUT2D eigenvalue weighted by Gasteiger charge is 2.34. The zero-order valence-electron chi connectivity index (χ0n) is 11.0. The van der Waals surface area contributed by atoms with Crippen LogP contribution in [0.25, 0.3) is 0 Å². The van der Waals surface area contributed by atoms with Gasteiger partial charge in [-0.25, -0.2) is 0 Å². The van der Waals surface area contributed by atoms with Gasteiger partial charge in [0, 0.05) is 18.8 Å². The highest BCUT2D eigenvalue weighted by atomic mass is 19.4. The molecule has 2 unspecified atom stereocenters. The number of nitrogens with zero attached hydrogens (tertiary/aromatic N) is 2. The molecule has 1 aliphatic heterocycles. The molecular weight excluding hydrogens is 271 g/mol. The van der Waals surface area contributed by atoms with Crippen LogP contribution in [0.3, 0.4) is 0 Å². The number of halogens is 3. The van der Waals surface area contributed by atoms with Crippen LogP contribution in [-0.2, 0) is 6.18 Å². The van der Waals surface area contributed by atoms with E-state index in [0.717, 1.165) is 18.6 Å². The zero-order chi connectivity index (χ0) is 14.9. The molecule has 1 fully saturated rings. The smallest absolute Gasteiger partial charge is 0.334 e. The number of nitrogens with two attached hydrogens (primary N) is 1. The van der Waals surface area contributed by atoms with Gasteiger partial charge >= 0.3 is 6.18 Å². The number of hydrogen-bond acceptors (Lipinski definition) is 3. The molecule has 2 heterocycles. The molecule has 4 nitrogen and oxygen atoms in total. The largest absolute Gasteiger partial charge is 0.417 e. The van der Waals surface area contributed by atoms with E-state index >= 15 is 0 Å². The van der Waals surface area contributed by atoms with Gasteiger partial charge in [0.1, 0.15) is 5.69 Å². The molecule has 20 heavy (non-hydrogen) atoms. The van der Waals surface area contributed by atoms with Gasteiger partial charge in [-0.05, 0) is 37.9 Å². The van der Waals surface area contributed by atoms with Crippen molar-refractivity contribution in [3.63, 3.8) is 0 Å². The highest BCUT2D eigenvalue weighted by molar-refractivity contribution is 5.92. The first kappa shape index (κ1) is 14.8. The molecule has 0 radical (unpaired) electrons. The Hall–Kier alpha value is -1.63. The number of aromatic nitrogens is 1. The van der Waals surface area contributed by atoms with Crippen LogP contribution in [0.2, 0.25) is 0 Å². The summed E-state index contributed by atoms with van der Waals surface area (Å²) in [7, 11) is 0. The van der Waals surface area contributed by atoms with E-state index in [9.17, 15) is 18.0 Å². The lowest BCUT2D eigenvalue weighted by Crippen LogP contribution is -2.35. The van der Waals surface area contributed by atoms with Crippen LogP contribution < -0.4 is 5.73 Å². The van der Waals surface area contributed by atoms with Gasteiger partial charge in [0.25, 0.3) is 5.91 Å². The molecule has 0 saturated carbocycles. The average molecular weight is 287 g/mol. The van der Waals surface area contributed by atoms with Crippen molar-refractivity contribution in [3.8, 4) is 0 Å². The number of amides is 1. The molecule has 2 rings (SSSR count). The Morgan fingerprint density at radius 1 is 1.50 bits per heavy atom. The van der Waals surface area contributed by atoms with Crippen LogP contribution in [-0.4, -0.2) is 34.9 Å². The number of rotatable bonds is 2. The summed E-state index contributed by atoms with van der Waals surface area (Å²) in [5.41, 5.74) is 4.76. The second-order valence-electron chi connectivity index (χ2n) is 5.07. The quantitative estimate of drug-likeness (QED) is 0.904.